The molecule has 0 fully saturated rings. The van der Waals surface area contributed by atoms with Crippen molar-refractivity contribution in [2.45, 2.75) is 60.2 Å². The van der Waals surface area contributed by atoms with E-state index in [1.54, 1.807) is 18.2 Å². The first-order valence-corrected chi connectivity index (χ1v) is 9.79. The first-order valence-electron chi connectivity index (χ1n) is 9.79. The fraction of sp³-hybridized carbons (Fsp3) is 0.435. The number of nitriles is 1. The van der Waals surface area contributed by atoms with Crippen LogP contribution in [-0.2, 0) is 11.3 Å². The molecule has 0 saturated heterocycles. The van der Waals surface area contributed by atoms with Crippen molar-refractivity contribution >= 4 is 0 Å². The summed E-state index contributed by atoms with van der Waals surface area (Å²) in [5, 5.41) is 8.85. The molecule has 27 heavy (non-hydrogen) atoms. The first-order chi connectivity index (χ1) is 13.2. The molecule has 1 aliphatic rings. The molecule has 2 aromatic rings. The highest BCUT2D eigenvalue weighted by Crippen LogP contribution is 2.36. The highest BCUT2D eigenvalue weighted by Gasteiger charge is 2.24. The van der Waals surface area contributed by atoms with Crippen LogP contribution in [-0.4, -0.2) is 6.54 Å². The van der Waals surface area contributed by atoms with E-state index < -0.39 is 0 Å². The SMILES string of the molecule is CC.CC.CCCCN.N#Cc1ccc2c(c1)COC2c1ccc(F)cc1. The van der Waals surface area contributed by atoms with Crippen molar-refractivity contribution in [3.05, 3.63) is 70.5 Å². The smallest absolute Gasteiger partial charge is 0.123 e. The fourth-order valence-corrected chi connectivity index (χ4v) is 2.44. The summed E-state index contributed by atoms with van der Waals surface area (Å²) < 4.78 is 18.6. The van der Waals surface area contributed by atoms with E-state index in [2.05, 4.69) is 13.0 Å². The van der Waals surface area contributed by atoms with E-state index in [1.165, 1.54) is 25.0 Å². The van der Waals surface area contributed by atoms with Crippen LogP contribution in [0.1, 0.15) is 75.8 Å². The standard InChI is InChI=1S/C15H10FNO.C4H11N.2C2H6/c16-13-4-2-11(3-5-13)15-14-6-1-10(8-17)7-12(14)9-18-15;1-2-3-4-5;2*1-2/h1-7,15H,9H2;2-5H2,1H3;2*1-2H3. The largest absolute Gasteiger partial charge is 0.364 e. The van der Waals surface area contributed by atoms with E-state index in [1.807, 2.05) is 39.8 Å². The van der Waals surface area contributed by atoms with Gasteiger partial charge in [0, 0.05) is 0 Å². The predicted octanol–water partition coefficient (Wildman–Crippen LogP) is 6.11. The van der Waals surface area contributed by atoms with Crippen molar-refractivity contribution in [3.63, 3.8) is 0 Å². The Morgan fingerprint density at radius 3 is 2.22 bits per heavy atom. The number of hydrogen-bond acceptors (Lipinski definition) is 3. The Morgan fingerprint density at radius 1 is 1.11 bits per heavy atom. The van der Waals surface area contributed by atoms with Gasteiger partial charge in [-0.1, -0.05) is 59.2 Å². The van der Waals surface area contributed by atoms with Crippen molar-refractivity contribution in [2.24, 2.45) is 5.73 Å². The number of ether oxygens (including phenoxy) is 1. The van der Waals surface area contributed by atoms with Crippen LogP contribution in [0.4, 0.5) is 4.39 Å². The van der Waals surface area contributed by atoms with Crippen LogP contribution >= 0.6 is 0 Å². The number of benzene rings is 2. The molecule has 2 N–H and O–H groups in total. The van der Waals surface area contributed by atoms with Gasteiger partial charge in [0.2, 0.25) is 0 Å². The molecular formula is C23H33FN2O. The van der Waals surface area contributed by atoms with Gasteiger partial charge in [-0.05, 0) is 53.9 Å². The number of halogens is 1. The topological polar surface area (TPSA) is 59.0 Å². The van der Waals surface area contributed by atoms with E-state index in [4.69, 9.17) is 15.7 Å². The number of nitrogens with zero attached hydrogens (tertiary/aromatic N) is 1. The maximum atomic E-state index is 12.9. The third-order valence-electron chi connectivity index (χ3n) is 3.69. The molecule has 0 saturated carbocycles. The van der Waals surface area contributed by atoms with E-state index in [0.29, 0.717) is 12.2 Å². The summed E-state index contributed by atoms with van der Waals surface area (Å²) in [4.78, 5) is 0. The molecule has 0 spiro atoms. The van der Waals surface area contributed by atoms with Gasteiger partial charge in [-0.25, -0.2) is 4.39 Å². The lowest BCUT2D eigenvalue weighted by atomic mass is 9.98. The van der Waals surface area contributed by atoms with Crippen LogP contribution in [0.25, 0.3) is 0 Å². The van der Waals surface area contributed by atoms with Gasteiger partial charge >= 0.3 is 0 Å². The lowest BCUT2D eigenvalue weighted by Gasteiger charge is -2.11. The fourth-order valence-electron chi connectivity index (χ4n) is 2.44. The Labute approximate surface area is 164 Å². The molecule has 2 aromatic carbocycles. The van der Waals surface area contributed by atoms with Crippen LogP contribution in [0.3, 0.4) is 0 Å². The molecular weight excluding hydrogens is 339 g/mol. The number of hydrogen-bond donors (Lipinski definition) is 1. The van der Waals surface area contributed by atoms with E-state index >= 15 is 0 Å². The summed E-state index contributed by atoms with van der Waals surface area (Å²) in [6.07, 6.45) is 2.23. The molecule has 4 heteroatoms. The highest BCUT2D eigenvalue weighted by molar-refractivity contribution is 5.44. The maximum absolute atomic E-state index is 12.9. The Kier molecular flexibility index (Phi) is 13.7. The molecule has 1 heterocycles. The second-order valence-corrected chi connectivity index (χ2v) is 5.41. The zero-order valence-corrected chi connectivity index (χ0v) is 17.3. The predicted molar refractivity (Wildman–Crippen MR) is 111 cm³/mol. The van der Waals surface area contributed by atoms with Gasteiger partial charge < -0.3 is 10.5 Å². The van der Waals surface area contributed by atoms with Crippen LogP contribution in [0.5, 0.6) is 0 Å². The summed E-state index contributed by atoms with van der Waals surface area (Å²) in [5.74, 6) is -0.253. The molecule has 1 unspecified atom stereocenters. The summed E-state index contributed by atoms with van der Waals surface area (Å²) in [5.41, 5.74) is 8.79. The molecule has 1 aliphatic heterocycles. The molecule has 0 radical (unpaired) electrons. The van der Waals surface area contributed by atoms with E-state index in [-0.39, 0.29) is 11.9 Å². The monoisotopic (exact) mass is 372 g/mol. The summed E-state index contributed by atoms with van der Waals surface area (Å²) >= 11 is 0. The number of unbranched alkanes of at least 4 members (excludes halogenated alkanes) is 1. The zero-order valence-electron chi connectivity index (χ0n) is 17.3. The highest BCUT2D eigenvalue weighted by atomic mass is 19.1. The third-order valence-corrected chi connectivity index (χ3v) is 3.69. The van der Waals surface area contributed by atoms with Gasteiger partial charge in [0.25, 0.3) is 0 Å². The normalized spacial score (nSPS) is 13.5. The summed E-state index contributed by atoms with van der Waals surface area (Å²) in [6, 6.07) is 14.0. The minimum atomic E-state index is -0.253. The average molecular weight is 373 g/mol. The second kappa shape index (κ2) is 14.9. The van der Waals surface area contributed by atoms with Gasteiger partial charge in [-0.15, -0.1) is 0 Å². The quantitative estimate of drug-likeness (QED) is 0.706. The van der Waals surface area contributed by atoms with Crippen molar-refractivity contribution in [3.8, 4) is 6.07 Å². The Balaban J connectivity index is 0.000000646. The number of rotatable bonds is 3. The molecule has 0 aliphatic carbocycles. The maximum Gasteiger partial charge on any atom is 0.123 e. The van der Waals surface area contributed by atoms with Gasteiger partial charge in [-0.2, -0.15) is 5.26 Å². The number of fused-ring (bicyclic) bond motifs is 1. The van der Waals surface area contributed by atoms with Crippen LogP contribution in [0, 0.1) is 17.1 Å². The first kappa shape index (κ1) is 24.8. The molecule has 3 nitrogen and oxygen atoms in total. The van der Waals surface area contributed by atoms with E-state index in [9.17, 15) is 4.39 Å². The number of nitrogens with two attached hydrogens (primary N) is 1. The van der Waals surface area contributed by atoms with Gasteiger partial charge in [0.15, 0.2) is 0 Å². The van der Waals surface area contributed by atoms with Gasteiger partial charge in [0.1, 0.15) is 11.9 Å². The van der Waals surface area contributed by atoms with Crippen molar-refractivity contribution < 1.29 is 9.13 Å². The van der Waals surface area contributed by atoms with Crippen molar-refractivity contribution in [1.82, 2.24) is 0 Å². The minimum Gasteiger partial charge on any atom is -0.364 e. The van der Waals surface area contributed by atoms with Crippen LogP contribution < -0.4 is 5.73 Å². The van der Waals surface area contributed by atoms with Crippen LogP contribution in [0.2, 0.25) is 0 Å². The Bertz CT molecular complexity index is 676. The molecule has 0 aromatic heterocycles. The lowest BCUT2D eigenvalue weighted by Crippen LogP contribution is -1.98. The summed E-state index contributed by atoms with van der Waals surface area (Å²) in [6.45, 7) is 11.5. The minimum absolute atomic E-state index is 0.159. The van der Waals surface area contributed by atoms with Crippen LogP contribution in [0.15, 0.2) is 42.5 Å². The summed E-state index contributed by atoms with van der Waals surface area (Å²) in [7, 11) is 0. The Morgan fingerprint density at radius 2 is 1.74 bits per heavy atom. The molecule has 3 rings (SSSR count). The van der Waals surface area contributed by atoms with Crippen molar-refractivity contribution in [2.75, 3.05) is 6.54 Å². The Hall–Kier alpha value is -2.22. The molecule has 148 valence electrons. The molecule has 1 atom stereocenters. The van der Waals surface area contributed by atoms with Gasteiger partial charge in [-0.3, -0.25) is 0 Å². The zero-order chi connectivity index (χ0) is 20.7. The second-order valence-electron chi connectivity index (χ2n) is 5.41. The lowest BCUT2D eigenvalue weighted by molar-refractivity contribution is 0.0939. The molecule has 0 bridgehead atoms. The molecule has 0 amide bonds. The third kappa shape index (κ3) is 7.90. The van der Waals surface area contributed by atoms with Crippen molar-refractivity contribution in [1.29, 1.82) is 5.26 Å². The van der Waals surface area contributed by atoms with Gasteiger partial charge in [0.05, 0.1) is 18.2 Å². The average Bonchev–Trinajstić information content (AvgIpc) is 3.16. The van der Waals surface area contributed by atoms with E-state index in [0.717, 1.165) is 23.2 Å².